The summed E-state index contributed by atoms with van der Waals surface area (Å²) >= 11 is 0. The number of rotatable bonds is 4. The largest absolute Gasteiger partial charge is 0.365 e. The van der Waals surface area contributed by atoms with E-state index in [9.17, 15) is 4.79 Å². The van der Waals surface area contributed by atoms with Crippen LogP contribution in [0.1, 0.15) is 30.0 Å². The van der Waals surface area contributed by atoms with Gasteiger partial charge in [0.1, 0.15) is 11.3 Å². The predicted octanol–water partition coefficient (Wildman–Crippen LogP) is 4.82. The van der Waals surface area contributed by atoms with E-state index in [2.05, 4.69) is 43.3 Å². The Bertz CT molecular complexity index is 987. The molecule has 0 bridgehead atoms. The van der Waals surface area contributed by atoms with Crippen molar-refractivity contribution in [1.29, 1.82) is 0 Å². The Labute approximate surface area is 172 Å². The molecule has 4 rings (SSSR count). The molecule has 1 amide bonds. The molecule has 0 spiro atoms. The lowest BCUT2D eigenvalue weighted by Crippen LogP contribution is -2.56. The number of hydrogen-bond donors (Lipinski definition) is 0. The van der Waals surface area contributed by atoms with E-state index in [0.717, 1.165) is 28.9 Å². The molecule has 1 atom stereocenters. The van der Waals surface area contributed by atoms with Gasteiger partial charge in [0.15, 0.2) is 0 Å². The molecule has 0 N–H and O–H groups in total. The number of amidine groups is 1. The van der Waals surface area contributed by atoms with Crippen LogP contribution in [0.5, 0.6) is 0 Å². The van der Waals surface area contributed by atoms with Crippen molar-refractivity contribution in [2.24, 2.45) is 4.99 Å². The summed E-state index contributed by atoms with van der Waals surface area (Å²) < 4.78 is 0. The first-order valence-corrected chi connectivity index (χ1v) is 10.1. The maximum absolute atomic E-state index is 13.9. The van der Waals surface area contributed by atoms with Crippen LogP contribution in [0.3, 0.4) is 0 Å². The number of likely N-dealkylation sites (N-methyl/N-ethyl adjacent to an activating group) is 1. The maximum atomic E-state index is 13.9. The second-order valence-corrected chi connectivity index (χ2v) is 7.74. The molecular weight excluding hydrogens is 356 g/mol. The van der Waals surface area contributed by atoms with Gasteiger partial charge in [-0.05, 0) is 23.1 Å². The van der Waals surface area contributed by atoms with E-state index in [1.807, 2.05) is 73.6 Å². The van der Waals surface area contributed by atoms with Crippen LogP contribution in [0.4, 0.5) is 0 Å². The Morgan fingerprint density at radius 1 is 0.724 bits per heavy atom. The fraction of sp³-hybridized carbons (Fsp3) is 0.231. The van der Waals surface area contributed by atoms with Crippen molar-refractivity contribution < 1.29 is 4.79 Å². The first kappa shape index (κ1) is 19.1. The zero-order valence-electron chi connectivity index (χ0n) is 17.2. The van der Waals surface area contributed by atoms with E-state index in [-0.39, 0.29) is 5.91 Å². The molecule has 0 aliphatic carbocycles. The highest BCUT2D eigenvalue weighted by molar-refractivity contribution is 6.16. The third-order valence-electron chi connectivity index (χ3n) is 6.18. The minimum Gasteiger partial charge on any atom is -0.365 e. The molecule has 3 aromatic carbocycles. The summed E-state index contributed by atoms with van der Waals surface area (Å²) in [5, 5.41) is 0. The van der Waals surface area contributed by atoms with Gasteiger partial charge in [0.2, 0.25) is 0 Å². The van der Waals surface area contributed by atoms with Crippen LogP contribution in [-0.4, -0.2) is 30.7 Å². The van der Waals surface area contributed by atoms with E-state index in [1.165, 1.54) is 0 Å². The number of nitrogens with zero attached hydrogens (tertiary/aromatic N) is 2. The fourth-order valence-electron chi connectivity index (χ4n) is 5.09. The van der Waals surface area contributed by atoms with Gasteiger partial charge in [-0.2, -0.15) is 4.99 Å². The molecule has 0 radical (unpaired) electrons. The summed E-state index contributed by atoms with van der Waals surface area (Å²) in [5.74, 6) is 0.702. The average molecular weight is 383 g/mol. The Balaban J connectivity index is 2.18. The van der Waals surface area contributed by atoms with E-state index in [4.69, 9.17) is 4.99 Å². The first-order valence-electron chi connectivity index (χ1n) is 10.1. The number of amides is 1. The van der Waals surface area contributed by atoms with Crippen LogP contribution < -0.4 is 0 Å². The Kier molecular flexibility index (Phi) is 4.83. The lowest BCUT2D eigenvalue weighted by atomic mass is 9.53. The standard InChI is InChI=1S/C26H26N2O/c1-4-25(20-14-8-5-9-15-20)23(28(2)3)27-24(29)26(25,21-16-10-6-11-17-21)22-18-12-7-13-19-22/h5-19H,4H2,1-3H3. The van der Waals surface area contributed by atoms with Gasteiger partial charge in [-0.15, -0.1) is 0 Å². The average Bonchev–Trinajstić information content (AvgIpc) is 3.06. The normalized spacial score (nSPS) is 20.4. The van der Waals surface area contributed by atoms with Gasteiger partial charge >= 0.3 is 0 Å². The topological polar surface area (TPSA) is 32.7 Å². The summed E-state index contributed by atoms with van der Waals surface area (Å²) in [6.07, 6.45) is 0.740. The lowest BCUT2D eigenvalue weighted by Gasteiger charge is -2.47. The Hall–Kier alpha value is -3.20. The second-order valence-electron chi connectivity index (χ2n) is 7.74. The molecule has 1 aliphatic rings. The molecule has 0 aromatic heterocycles. The SMILES string of the molecule is CCC1(c2ccccc2)C(N(C)C)=NC(=O)C1(c1ccccc1)c1ccccc1. The van der Waals surface area contributed by atoms with Gasteiger partial charge in [0.05, 0.1) is 5.41 Å². The second kappa shape index (κ2) is 7.32. The third-order valence-corrected chi connectivity index (χ3v) is 6.18. The summed E-state index contributed by atoms with van der Waals surface area (Å²) in [4.78, 5) is 20.6. The zero-order chi connectivity index (χ0) is 20.5. The molecule has 1 aliphatic heterocycles. The van der Waals surface area contributed by atoms with E-state index in [1.54, 1.807) is 0 Å². The van der Waals surface area contributed by atoms with Crippen LogP contribution >= 0.6 is 0 Å². The highest BCUT2D eigenvalue weighted by Gasteiger charge is 2.65. The highest BCUT2D eigenvalue weighted by Crippen LogP contribution is 2.56. The third kappa shape index (κ3) is 2.57. The van der Waals surface area contributed by atoms with Gasteiger partial charge < -0.3 is 4.90 Å². The summed E-state index contributed by atoms with van der Waals surface area (Å²) in [5.41, 5.74) is 1.52. The van der Waals surface area contributed by atoms with Crippen molar-refractivity contribution in [3.05, 3.63) is 108 Å². The number of carbonyl (C=O) groups is 1. The molecule has 3 heteroatoms. The number of carbonyl (C=O) groups excluding carboxylic acids is 1. The van der Waals surface area contributed by atoms with Gasteiger partial charge in [-0.1, -0.05) is 97.9 Å². The Morgan fingerprint density at radius 2 is 1.14 bits per heavy atom. The molecule has 0 saturated heterocycles. The van der Waals surface area contributed by atoms with Crippen LogP contribution in [0.25, 0.3) is 0 Å². The molecule has 1 unspecified atom stereocenters. The van der Waals surface area contributed by atoms with Crippen molar-refractivity contribution >= 4 is 11.7 Å². The Morgan fingerprint density at radius 3 is 1.52 bits per heavy atom. The first-order chi connectivity index (χ1) is 14.1. The minimum atomic E-state index is -0.925. The van der Waals surface area contributed by atoms with E-state index < -0.39 is 10.8 Å². The molecular formula is C26H26N2O. The molecule has 29 heavy (non-hydrogen) atoms. The van der Waals surface area contributed by atoms with Gasteiger partial charge in [0, 0.05) is 14.1 Å². The van der Waals surface area contributed by atoms with Gasteiger partial charge in [-0.25, -0.2) is 0 Å². The van der Waals surface area contributed by atoms with Crippen molar-refractivity contribution in [3.8, 4) is 0 Å². The number of aliphatic imine (C=N–C) groups is 1. The summed E-state index contributed by atoms with van der Waals surface area (Å²) in [7, 11) is 3.96. The summed E-state index contributed by atoms with van der Waals surface area (Å²) in [6.45, 7) is 2.16. The zero-order valence-corrected chi connectivity index (χ0v) is 17.2. The molecule has 3 nitrogen and oxygen atoms in total. The quantitative estimate of drug-likeness (QED) is 0.648. The monoisotopic (exact) mass is 382 g/mol. The van der Waals surface area contributed by atoms with Crippen LogP contribution in [-0.2, 0) is 15.6 Å². The molecule has 1 heterocycles. The predicted molar refractivity (Wildman–Crippen MR) is 118 cm³/mol. The van der Waals surface area contributed by atoms with E-state index in [0.29, 0.717) is 0 Å². The molecule has 3 aromatic rings. The minimum absolute atomic E-state index is 0.107. The number of hydrogen-bond acceptors (Lipinski definition) is 2. The lowest BCUT2D eigenvalue weighted by molar-refractivity contribution is -0.122. The maximum Gasteiger partial charge on any atom is 0.263 e. The van der Waals surface area contributed by atoms with Crippen molar-refractivity contribution in [3.63, 3.8) is 0 Å². The van der Waals surface area contributed by atoms with Crippen molar-refractivity contribution in [2.75, 3.05) is 14.1 Å². The van der Waals surface area contributed by atoms with Gasteiger partial charge in [-0.3, -0.25) is 4.79 Å². The van der Waals surface area contributed by atoms with Crippen LogP contribution in [0.15, 0.2) is 96.0 Å². The van der Waals surface area contributed by atoms with E-state index >= 15 is 0 Å². The van der Waals surface area contributed by atoms with Crippen LogP contribution in [0, 0.1) is 0 Å². The van der Waals surface area contributed by atoms with Crippen LogP contribution in [0.2, 0.25) is 0 Å². The smallest absolute Gasteiger partial charge is 0.263 e. The van der Waals surface area contributed by atoms with Crippen molar-refractivity contribution in [2.45, 2.75) is 24.2 Å². The number of benzene rings is 3. The van der Waals surface area contributed by atoms with Gasteiger partial charge in [0.25, 0.3) is 5.91 Å². The molecule has 0 saturated carbocycles. The fourth-order valence-corrected chi connectivity index (χ4v) is 5.09. The molecule has 0 fully saturated rings. The molecule has 146 valence electrons. The highest BCUT2D eigenvalue weighted by atomic mass is 16.2. The van der Waals surface area contributed by atoms with Crippen molar-refractivity contribution in [1.82, 2.24) is 4.90 Å². The summed E-state index contributed by atoms with van der Waals surface area (Å²) in [6, 6.07) is 30.6.